The number of aliphatic hydroxyl groups is 2. The van der Waals surface area contributed by atoms with Gasteiger partial charge in [-0.2, -0.15) is 0 Å². The third-order valence-corrected chi connectivity index (χ3v) is 2.53. The molecule has 0 aromatic rings. The minimum atomic E-state index is 0.254. The normalized spacial score (nSPS) is 18.5. The topological polar surface area (TPSA) is 40.5 Å². The van der Waals surface area contributed by atoms with E-state index >= 15 is 0 Å². The van der Waals surface area contributed by atoms with Gasteiger partial charge in [-0.25, -0.2) is 0 Å². The zero-order valence-electron chi connectivity index (χ0n) is 7.55. The van der Waals surface area contributed by atoms with Crippen molar-refractivity contribution in [3.8, 4) is 0 Å². The van der Waals surface area contributed by atoms with Crippen LogP contribution in [-0.2, 0) is 0 Å². The van der Waals surface area contributed by atoms with Gasteiger partial charge in [-0.05, 0) is 38.5 Å². The van der Waals surface area contributed by atoms with Gasteiger partial charge >= 0.3 is 0 Å². The summed E-state index contributed by atoms with van der Waals surface area (Å²) in [4.78, 5) is 0. The first-order valence-electron chi connectivity index (χ1n) is 4.80. The van der Waals surface area contributed by atoms with Crippen LogP contribution in [-0.4, -0.2) is 23.4 Å². The summed E-state index contributed by atoms with van der Waals surface area (Å²) in [7, 11) is 0. The summed E-state index contributed by atoms with van der Waals surface area (Å²) in [5.74, 6) is 0. The molecule has 70 valence electrons. The van der Waals surface area contributed by atoms with E-state index in [4.69, 9.17) is 10.2 Å². The van der Waals surface area contributed by atoms with E-state index in [1.807, 2.05) is 0 Å². The van der Waals surface area contributed by atoms with E-state index in [0.29, 0.717) is 0 Å². The van der Waals surface area contributed by atoms with Crippen molar-refractivity contribution in [3.05, 3.63) is 11.1 Å². The number of hydrogen-bond donors (Lipinski definition) is 2. The van der Waals surface area contributed by atoms with Crippen LogP contribution in [0.25, 0.3) is 0 Å². The summed E-state index contributed by atoms with van der Waals surface area (Å²) >= 11 is 0. The molecule has 0 saturated heterocycles. The van der Waals surface area contributed by atoms with Crippen LogP contribution in [0.3, 0.4) is 0 Å². The van der Waals surface area contributed by atoms with Crippen molar-refractivity contribution in [2.24, 2.45) is 0 Å². The van der Waals surface area contributed by atoms with Crippen molar-refractivity contribution >= 4 is 0 Å². The van der Waals surface area contributed by atoms with E-state index in [1.165, 1.54) is 24.0 Å². The Hall–Kier alpha value is -0.340. The molecule has 12 heavy (non-hydrogen) atoms. The average molecular weight is 170 g/mol. The third kappa shape index (κ3) is 2.61. The van der Waals surface area contributed by atoms with Gasteiger partial charge in [-0.15, -0.1) is 0 Å². The zero-order valence-corrected chi connectivity index (χ0v) is 7.55. The summed E-state index contributed by atoms with van der Waals surface area (Å²) in [6, 6.07) is 0. The summed E-state index contributed by atoms with van der Waals surface area (Å²) in [5.41, 5.74) is 2.80. The van der Waals surface area contributed by atoms with Crippen molar-refractivity contribution in [1.29, 1.82) is 0 Å². The molecule has 2 N–H and O–H groups in total. The van der Waals surface area contributed by atoms with Crippen LogP contribution in [0.4, 0.5) is 0 Å². The first-order valence-corrected chi connectivity index (χ1v) is 4.80. The van der Waals surface area contributed by atoms with E-state index in [1.54, 1.807) is 0 Å². The van der Waals surface area contributed by atoms with E-state index < -0.39 is 0 Å². The van der Waals surface area contributed by atoms with Crippen molar-refractivity contribution in [1.82, 2.24) is 0 Å². The Morgan fingerprint density at radius 1 is 0.833 bits per heavy atom. The minimum absolute atomic E-state index is 0.254. The molecule has 0 aliphatic heterocycles. The summed E-state index contributed by atoms with van der Waals surface area (Å²) in [6.07, 6.45) is 6.41. The Morgan fingerprint density at radius 3 is 1.58 bits per heavy atom. The van der Waals surface area contributed by atoms with Crippen molar-refractivity contribution in [2.45, 2.75) is 38.5 Å². The molecule has 1 rings (SSSR count). The monoisotopic (exact) mass is 170 g/mol. The molecule has 0 heterocycles. The maximum atomic E-state index is 8.81. The van der Waals surface area contributed by atoms with Gasteiger partial charge in [-0.3, -0.25) is 0 Å². The molecule has 0 radical (unpaired) electrons. The van der Waals surface area contributed by atoms with Crippen LogP contribution < -0.4 is 0 Å². The Labute approximate surface area is 73.9 Å². The van der Waals surface area contributed by atoms with Crippen LogP contribution in [0.5, 0.6) is 0 Å². The van der Waals surface area contributed by atoms with Crippen LogP contribution in [0.15, 0.2) is 11.1 Å². The second-order valence-electron chi connectivity index (χ2n) is 3.36. The third-order valence-electron chi connectivity index (χ3n) is 2.53. The standard InChI is InChI=1S/C10H18O2/c11-7-5-9-3-1-2-4-10(9)6-8-12/h11-12H,1-8H2. The molecule has 0 unspecified atom stereocenters. The molecule has 2 nitrogen and oxygen atoms in total. The minimum Gasteiger partial charge on any atom is -0.396 e. The van der Waals surface area contributed by atoms with Crippen LogP contribution in [0.1, 0.15) is 38.5 Å². The van der Waals surface area contributed by atoms with Crippen LogP contribution in [0.2, 0.25) is 0 Å². The Balaban J connectivity index is 2.55. The molecule has 2 heteroatoms. The first-order chi connectivity index (χ1) is 5.88. The highest BCUT2D eigenvalue weighted by Gasteiger charge is 2.11. The number of hydrogen-bond acceptors (Lipinski definition) is 2. The fourth-order valence-corrected chi connectivity index (χ4v) is 1.90. The van der Waals surface area contributed by atoms with Gasteiger partial charge in [0.15, 0.2) is 0 Å². The molecule has 1 aliphatic rings. The lowest BCUT2D eigenvalue weighted by Gasteiger charge is -2.19. The van der Waals surface area contributed by atoms with E-state index in [-0.39, 0.29) is 13.2 Å². The molecule has 1 aliphatic carbocycles. The highest BCUT2D eigenvalue weighted by atomic mass is 16.3. The molecule has 0 atom stereocenters. The summed E-state index contributed by atoms with van der Waals surface area (Å²) in [6.45, 7) is 0.508. The molecule has 0 bridgehead atoms. The lowest BCUT2D eigenvalue weighted by molar-refractivity contribution is 0.287. The molecule has 0 aromatic heterocycles. The van der Waals surface area contributed by atoms with Gasteiger partial charge < -0.3 is 10.2 Å². The predicted molar refractivity (Wildman–Crippen MR) is 48.9 cm³/mol. The van der Waals surface area contributed by atoms with Crippen LogP contribution >= 0.6 is 0 Å². The predicted octanol–water partition coefficient (Wildman–Crippen LogP) is 1.62. The quantitative estimate of drug-likeness (QED) is 0.629. The first kappa shape index (κ1) is 9.75. The Bertz CT molecular complexity index is 143. The second-order valence-corrected chi connectivity index (χ2v) is 3.36. The summed E-state index contributed by atoms with van der Waals surface area (Å²) in [5, 5.41) is 17.6. The molecule has 0 spiro atoms. The maximum absolute atomic E-state index is 8.81. The Kier molecular flexibility index (Phi) is 4.33. The zero-order chi connectivity index (χ0) is 8.81. The van der Waals surface area contributed by atoms with Crippen molar-refractivity contribution in [3.63, 3.8) is 0 Å². The molecule has 0 fully saturated rings. The van der Waals surface area contributed by atoms with E-state index in [9.17, 15) is 0 Å². The van der Waals surface area contributed by atoms with Gasteiger partial charge in [0, 0.05) is 13.2 Å². The summed E-state index contributed by atoms with van der Waals surface area (Å²) < 4.78 is 0. The smallest absolute Gasteiger partial charge is 0.0468 e. The van der Waals surface area contributed by atoms with Gasteiger partial charge in [0.1, 0.15) is 0 Å². The van der Waals surface area contributed by atoms with Crippen LogP contribution in [0, 0.1) is 0 Å². The number of aliphatic hydroxyl groups excluding tert-OH is 2. The highest BCUT2D eigenvalue weighted by molar-refractivity contribution is 5.17. The molecular formula is C10H18O2. The SMILES string of the molecule is OCCC1=C(CCO)CCCC1. The van der Waals surface area contributed by atoms with E-state index in [0.717, 1.165) is 25.7 Å². The number of rotatable bonds is 4. The maximum Gasteiger partial charge on any atom is 0.0468 e. The molecule has 0 saturated carbocycles. The lowest BCUT2D eigenvalue weighted by Crippen LogP contribution is -2.03. The largest absolute Gasteiger partial charge is 0.396 e. The van der Waals surface area contributed by atoms with Crippen molar-refractivity contribution in [2.75, 3.05) is 13.2 Å². The van der Waals surface area contributed by atoms with Crippen molar-refractivity contribution < 1.29 is 10.2 Å². The Morgan fingerprint density at radius 2 is 1.25 bits per heavy atom. The second kappa shape index (κ2) is 5.33. The van der Waals surface area contributed by atoms with E-state index in [2.05, 4.69) is 0 Å². The van der Waals surface area contributed by atoms with Gasteiger partial charge in [0.25, 0.3) is 0 Å². The van der Waals surface area contributed by atoms with Gasteiger partial charge in [-0.1, -0.05) is 11.1 Å². The highest BCUT2D eigenvalue weighted by Crippen LogP contribution is 2.28. The van der Waals surface area contributed by atoms with Gasteiger partial charge in [0.2, 0.25) is 0 Å². The molecule has 0 amide bonds. The average Bonchev–Trinajstić information content (AvgIpc) is 2.09. The fraction of sp³-hybridized carbons (Fsp3) is 0.800. The molecule has 0 aromatic carbocycles. The lowest BCUT2D eigenvalue weighted by atomic mass is 9.88. The van der Waals surface area contributed by atoms with Gasteiger partial charge in [0.05, 0.1) is 0 Å². The fourth-order valence-electron chi connectivity index (χ4n) is 1.90. The molecular weight excluding hydrogens is 152 g/mol.